The Morgan fingerprint density at radius 3 is 2.42 bits per heavy atom. The zero-order valence-electron chi connectivity index (χ0n) is 15.4. The van der Waals surface area contributed by atoms with E-state index in [1.165, 1.54) is 11.7 Å². The summed E-state index contributed by atoms with van der Waals surface area (Å²) in [4.78, 5) is 33.2. The molecule has 1 saturated heterocycles. The zero-order valence-corrected chi connectivity index (χ0v) is 15.4. The number of aromatic nitrogens is 2. The lowest BCUT2D eigenvalue weighted by molar-refractivity contribution is -0.132. The number of rotatable bonds is 4. The summed E-state index contributed by atoms with van der Waals surface area (Å²) in [6.45, 7) is 6.81. The third-order valence-electron chi connectivity index (χ3n) is 4.57. The van der Waals surface area contributed by atoms with Gasteiger partial charge in [0.25, 0.3) is 5.56 Å². The molecule has 0 unspecified atom stereocenters. The maximum Gasteiger partial charge on any atom is 0.293 e. The average Bonchev–Trinajstić information content (AvgIpc) is 2.63. The van der Waals surface area contributed by atoms with E-state index in [4.69, 9.17) is 4.74 Å². The summed E-state index contributed by atoms with van der Waals surface area (Å²) in [6, 6.07) is 7.45. The summed E-state index contributed by atoms with van der Waals surface area (Å²) < 4.78 is 6.42. The van der Waals surface area contributed by atoms with E-state index in [0.29, 0.717) is 13.1 Å². The first-order valence-corrected chi connectivity index (χ1v) is 8.69. The molecule has 3 rings (SSSR count). The fourth-order valence-corrected chi connectivity index (χ4v) is 3.25. The van der Waals surface area contributed by atoms with Gasteiger partial charge in [0.1, 0.15) is 6.54 Å². The van der Waals surface area contributed by atoms with Crippen LogP contribution in [-0.2, 0) is 11.3 Å². The van der Waals surface area contributed by atoms with Crippen LogP contribution >= 0.6 is 0 Å². The van der Waals surface area contributed by atoms with E-state index in [0.717, 1.165) is 30.2 Å². The predicted octanol–water partition coefficient (Wildman–Crippen LogP) is 1.22. The summed E-state index contributed by atoms with van der Waals surface area (Å²) >= 11 is 0. The van der Waals surface area contributed by atoms with Gasteiger partial charge in [-0.05, 0) is 38.1 Å². The smallest absolute Gasteiger partial charge is 0.293 e. The van der Waals surface area contributed by atoms with Gasteiger partial charge in [0.05, 0.1) is 7.11 Å². The number of nitrogens with zero attached hydrogens (tertiary/aromatic N) is 4. The molecule has 0 radical (unpaired) electrons. The fraction of sp³-hybridized carbons (Fsp3) is 0.421. The number of amides is 1. The highest BCUT2D eigenvalue weighted by Gasteiger charge is 2.22. The highest BCUT2D eigenvalue weighted by molar-refractivity contribution is 5.76. The second kappa shape index (κ2) is 7.59. The van der Waals surface area contributed by atoms with Crippen LogP contribution in [0.25, 0.3) is 0 Å². The highest BCUT2D eigenvalue weighted by atomic mass is 16.5. The van der Waals surface area contributed by atoms with Gasteiger partial charge in [0.2, 0.25) is 5.91 Å². The molecule has 138 valence electrons. The molecule has 1 aliphatic heterocycles. The maximum atomic E-state index is 12.6. The molecule has 0 N–H and O–H groups in total. The van der Waals surface area contributed by atoms with Gasteiger partial charge < -0.3 is 19.1 Å². The first-order chi connectivity index (χ1) is 12.5. The number of methoxy groups -OCH3 is 1. The molecule has 1 amide bonds. The molecule has 0 bridgehead atoms. The summed E-state index contributed by atoms with van der Waals surface area (Å²) in [5.74, 6) is 0.190. The van der Waals surface area contributed by atoms with Gasteiger partial charge in [-0.2, -0.15) is 0 Å². The molecule has 1 fully saturated rings. The van der Waals surface area contributed by atoms with Crippen LogP contribution in [0.15, 0.2) is 35.3 Å². The molecule has 0 spiro atoms. The molecule has 0 atom stereocenters. The van der Waals surface area contributed by atoms with Gasteiger partial charge in [0.15, 0.2) is 5.75 Å². The van der Waals surface area contributed by atoms with Gasteiger partial charge in [-0.25, -0.2) is 0 Å². The van der Waals surface area contributed by atoms with Gasteiger partial charge in [-0.15, -0.1) is 0 Å². The van der Waals surface area contributed by atoms with Crippen LogP contribution in [-0.4, -0.2) is 53.6 Å². The molecule has 7 nitrogen and oxygen atoms in total. The van der Waals surface area contributed by atoms with Crippen molar-refractivity contribution in [2.45, 2.75) is 20.4 Å². The SMILES string of the molecule is COc1cccn(CC(=O)N2CCN(c3cc(C)nc(C)c3)CC2)c1=O. The third-order valence-corrected chi connectivity index (χ3v) is 4.57. The Morgan fingerprint density at radius 2 is 1.81 bits per heavy atom. The van der Waals surface area contributed by atoms with Gasteiger partial charge in [0, 0.05) is 49.5 Å². The molecule has 2 aromatic heterocycles. The summed E-state index contributed by atoms with van der Waals surface area (Å²) in [7, 11) is 1.45. The Balaban J connectivity index is 1.63. The van der Waals surface area contributed by atoms with Crippen LogP contribution in [0.1, 0.15) is 11.4 Å². The third kappa shape index (κ3) is 3.87. The lowest BCUT2D eigenvalue weighted by Gasteiger charge is -2.36. The van der Waals surface area contributed by atoms with Crippen molar-refractivity contribution < 1.29 is 9.53 Å². The molecule has 1 aliphatic rings. The standard InChI is InChI=1S/C19H24N4O3/c1-14-11-16(12-15(2)20-14)21-7-9-22(10-8-21)18(24)13-23-6-4-5-17(26-3)19(23)25/h4-6,11-12H,7-10,13H2,1-3H3. The quantitative estimate of drug-likeness (QED) is 0.824. The van der Waals surface area contributed by atoms with Crippen molar-refractivity contribution in [3.63, 3.8) is 0 Å². The summed E-state index contributed by atoms with van der Waals surface area (Å²) in [5.41, 5.74) is 2.85. The van der Waals surface area contributed by atoms with Crippen molar-refractivity contribution in [3.8, 4) is 5.75 Å². The van der Waals surface area contributed by atoms with Gasteiger partial charge >= 0.3 is 0 Å². The van der Waals surface area contributed by atoms with Gasteiger partial charge in [-0.1, -0.05) is 0 Å². The molecule has 2 aromatic rings. The van der Waals surface area contributed by atoms with E-state index in [1.807, 2.05) is 18.7 Å². The molecular weight excluding hydrogens is 332 g/mol. The van der Waals surface area contributed by atoms with E-state index in [-0.39, 0.29) is 23.8 Å². The van der Waals surface area contributed by atoms with E-state index < -0.39 is 0 Å². The molecule has 0 aromatic carbocycles. The Kier molecular flexibility index (Phi) is 5.25. The summed E-state index contributed by atoms with van der Waals surface area (Å²) in [6.07, 6.45) is 1.61. The monoisotopic (exact) mass is 356 g/mol. The number of anilines is 1. The lowest BCUT2D eigenvalue weighted by atomic mass is 10.2. The number of hydrogen-bond donors (Lipinski definition) is 0. The van der Waals surface area contributed by atoms with Crippen molar-refractivity contribution in [2.75, 3.05) is 38.2 Å². The minimum Gasteiger partial charge on any atom is -0.491 e. The van der Waals surface area contributed by atoms with Crippen molar-refractivity contribution >= 4 is 11.6 Å². The van der Waals surface area contributed by atoms with Crippen LogP contribution in [0.2, 0.25) is 0 Å². The van der Waals surface area contributed by atoms with E-state index in [2.05, 4.69) is 22.0 Å². The largest absolute Gasteiger partial charge is 0.491 e. The number of piperazine rings is 1. The van der Waals surface area contributed by atoms with Crippen LogP contribution in [0, 0.1) is 13.8 Å². The van der Waals surface area contributed by atoms with Gasteiger partial charge in [-0.3, -0.25) is 14.6 Å². The Labute approximate surface area is 152 Å². The Morgan fingerprint density at radius 1 is 1.15 bits per heavy atom. The predicted molar refractivity (Wildman–Crippen MR) is 99.8 cm³/mol. The van der Waals surface area contributed by atoms with Crippen LogP contribution in [0.4, 0.5) is 5.69 Å². The second-order valence-electron chi connectivity index (χ2n) is 6.49. The van der Waals surface area contributed by atoms with Crippen LogP contribution in [0.3, 0.4) is 0 Å². The minimum absolute atomic E-state index is 0.0313. The van der Waals surface area contributed by atoms with E-state index >= 15 is 0 Å². The molecule has 3 heterocycles. The lowest BCUT2D eigenvalue weighted by Crippen LogP contribution is -2.50. The number of pyridine rings is 2. The van der Waals surface area contributed by atoms with E-state index in [9.17, 15) is 9.59 Å². The topological polar surface area (TPSA) is 67.7 Å². The first kappa shape index (κ1) is 18.0. The van der Waals surface area contributed by atoms with Crippen molar-refractivity contribution in [1.29, 1.82) is 0 Å². The molecule has 0 aliphatic carbocycles. The molecule has 7 heteroatoms. The number of carbonyl (C=O) groups is 1. The Bertz CT molecular complexity index is 834. The highest BCUT2D eigenvalue weighted by Crippen LogP contribution is 2.18. The van der Waals surface area contributed by atoms with Crippen molar-refractivity contribution in [1.82, 2.24) is 14.5 Å². The van der Waals surface area contributed by atoms with Crippen molar-refractivity contribution in [2.24, 2.45) is 0 Å². The molecule has 26 heavy (non-hydrogen) atoms. The summed E-state index contributed by atoms with van der Waals surface area (Å²) in [5, 5.41) is 0. The second-order valence-corrected chi connectivity index (χ2v) is 6.49. The molecular formula is C19H24N4O3. The fourth-order valence-electron chi connectivity index (χ4n) is 3.25. The zero-order chi connectivity index (χ0) is 18.7. The normalized spacial score (nSPS) is 14.4. The number of hydrogen-bond acceptors (Lipinski definition) is 5. The number of carbonyl (C=O) groups excluding carboxylic acids is 1. The van der Waals surface area contributed by atoms with Crippen LogP contribution < -0.4 is 15.2 Å². The van der Waals surface area contributed by atoms with Crippen LogP contribution in [0.5, 0.6) is 5.75 Å². The average molecular weight is 356 g/mol. The van der Waals surface area contributed by atoms with Crippen molar-refractivity contribution in [3.05, 3.63) is 52.2 Å². The van der Waals surface area contributed by atoms with E-state index in [1.54, 1.807) is 18.3 Å². The number of aryl methyl sites for hydroxylation is 2. The molecule has 0 saturated carbocycles. The Hall–Kier alpha value is -2.83. The first-order valence-electron chi connectivity index (χ1n) is 8.69. The minimum atomic E-state index is -0.287. The maximum absolute atomic E-state index is 12.6. The number of ether oxygens (including phenoxy) is 1.